The van der Waals surface area contributed by atoms with Crippen LogP contribution in [0.3, 0.4) is 0 Å². The van der Waals surface area contributed by atoms with E-state index in [1.807, 2.05) is 0 Å². The Balaban J connectivity index is 2.15. The number of unbranched alkanes of at least 4 members (excludes halogenated alkanes) is 26. The maximum absolute atomic E-state index is 2.80. The second-order valence-electron chi connectivity index (χ2n) is 17.7. The minimum Gasteiger partial charge on any atom is -0.323 e. The summed E-state index contributed by atoms with van der Waals surface area (Å²) in [6.45, 7) is 32.9. The second kappa shape index (κ2) is 35.3. The fourth-order valence-corrected chi connectivity index (χ4v) is 9.16. The third kappa shape index (κ3) is 25.8. The summed E-state index contributed by atoms with van der Waals surface area (Å²) >= 11 is 0. The van der Waals surface area contributed by atoms with Crippen LogP contribution in [0.1, 0.15) is 221 Å². The van der Waals surface area contributed by atoms with Crippen molar-refractivity contribution in [3.63, 3.8) is 0 Å². The van der Waals surface area contributed by atoms with Gasteiger partial charge in [-0.25, -0.2) is 0 Å². The maximum Gasteiger partial charge on any atom is 0.0915 e. The van der Waals surface area contributed by atoms with Crippen LogP contribution in [0.15, 0.2) is 0 Å². The lowest BCUT2D eigenvalue weighted by atomic mass is 10.0. The van der Waals surface area contributed by atoms with Crippen LogP contribution in [0.2, 0.25) is 0 Å². The molecule has 0 bridgehead atoms. The molecule has 4 nitrogen and oxygen atoms in total. The van der Waals surface area contributed by atoms with E-state index in [-0.39, 0.29) is 0 Å². The zero-order valence-corrected chi connectivity index (χ0v) is 37.5. The number of hydrogen-bond donors (Lipinski definition) is 0. The summed E-state index contributed by atoms with van der Waals surface area (Å²) < 4.78 is 2.68. The molecule has 0 aromatic rings. The van der Waals surface area contributed by atoms with Gasteiger partial charge in [-0.15, -0.1) is 0 Å². The topological polar surface area (TPSA) is 6.48 Å². The Hall–Kier alpha value is -0.160. The normalized spacial score (nSPS) is 14.9. The Morgan fingerprint density at radius 2 is 0.481 bits per heavy atom. The van der Waals surface area contributed by atoms with E-state index in [1.165, 1.54) is 280 Å². The van der Waals surface area contributed by atoms with Gasteiger partial charge < -0.3 is 8.97 Å². The van der Waals surface area contributed by atoms with E-state index in [9.17, 15) is 0 Å². The van der Waals surface area contributed by atoms with Crippen LogP contribution in [0.5, 0.6) is 0 Å². The SMILES string of the molecule is CCCCCCCCCCCCCCCC[N+](CC)(CC)CCN1CCN(CC[N+](CC)(CC)CCCCCCCCCCCCCCCC)CC1. The third-order valence-electron chi connectivity index (χ3n) is 13.9. The molecule has 0 aliphatic carbocycles. The number of hydrogen-bond acceptors (Lipinski definition) is 2. The van der Waals surface area contributed by atoms with Crippen LogP contribution in [0, 0.1) is 0 Å². The molecule has 1 saturated heterocycles. The highest BCUT2D eigenvalue weighted by molar-refractivity contribution is 4.72. The van der Waals surface area contributed by atoms with Gasteiger partial charge in [0.15, 0.2) is 0 Å². The summed E-state index contributed by atoms with van der Waals surface area (Å²) in [5.41, 5.74) is 0. The number of piperazine rings is 1. The van der Waals surface area contributed by atoms with Crippen molar-refractivity contribution in [1.82, 2.24) is 9.80 Å². The first-order valence-electron chi connectivity index (χ1n) is 24.7. The van der Waals surface area contributed by atoms with Gasteiger partial charge >= 0.3 is 0 Å². The van der Waals surface area contributed by atoms with Crippen molar-refractivity contribution in [3.8, 4) is 0 Å². The highest BCUT2D eigenvalue weighted by Gasteiger charge is 2.27. The Labute approximate surface area is 330 Å². The van der Waals surface area contributed by atoms with Gasteiger partial charge in [0.1, 0.15) is 0 Å². The molecular formula is C48H102N4+2. The van der Waals surface area contributed by atoms with Crippen molar-refractivity contribution in [3.05, 3.63) is 0 Å². The molecule has 0 aromatic heterocycles. The Bertz CT molecular complexity index is 649. The summed E-state index contributed by atoms with van der Waals surface area (Å²) in [5.74, 6) is 0. The number of quaternary nitrogens is 2. The Kier molecular flexibility index (Phi) is 33.8. The predicted molar refractivity (Wildman–Crippen MR) is 236 cm³/mol. The van der Waals surface area contributed by atoms with E-state index in [2.05, 4.69) is 51.3 Å². The largest absolute Gasteiger partial charge is 0.323 e. The molecule has 4 heteroatoms. The van der Waals surface area contributed by atoms with Gasteiger partial charge in [-0.2, -0.15) is 0 Å². The first-order chi connectivity index (χ1) is 25.5. The van der Waals surface area contributed by atoms with Gasteiger partial charge in [-0.3, -0.25) is 9.80 Å². The first-order valence-corrected chi connectivity index (χ1v) is 24.7. The van der Waals surface area contributed by atoms with E-state index in [0.717, 1.165) is 0 Å². The molecule has 312 valence electrons. The van der Waals surface area contributed by atoms with Crippen LogP contribution in [0.4, 0.5) is 0 Å². The lowest BCUT2D eigenvalue weighted by molar-refractivity contribution is -0.924. The molecule has 0 atom stereocenters. The zero-order valence-electron chi connectivity index (χ0n) is 37.5. The average Bonchev–Trinajstić information content (AvgIpc) is 3.18. The Morgan fingerprint density at radius 3 is 0.692 bits per heavy atom. The van der Waals surface area contributed by atoms with Gasteiger partial charge in [0.2, 0.25) is 0 Å². The first kappa shape index (κ1) is 49.9. The highest BCUT2D eigenvalue weighted by atomic mass is 15.4. The molecule has 0 radical (unpaired) electrons. The predicted octanol–water partition coefficient (Wildman–Crippen LogP) is 13.3. The van der Waals surface area contributed by atoms with E-state index in [4.69, 9.17) is 0 Å². The van der Waals surface area contributed by atoms with E-state index in [0.29, 0.717) is 0 Å². The molecule has 0 N–H and O–H groups in total. The summed E-state index contributed by atoms with van der Waals surface area (Å²) in [6.07, 6.45) is 40.8. The van der Waals surface area contributed by atoms with E-state index >= 15 is 0 Å². The van der Waals surface area contributed by atoms with Gasteiger partial charge in [0.25, 0.3) is 0 Å². The molecule has 0 aromatic carbocycles. The molecule has 1 aliphatic rings. The molecule has 0 spiro atoms. The smallest absolute Gasteiger partial charge is 0.0915 e. The quantitative estimate of drug-likeness (QED) is 0.0457. The van der Waals surface area contributed by atoms with E-state index < -0.39 is 0 Å². The van der Waals surface area contributed by atoms with Gasteiger partial charge in [-0.05, 0) is 53.4 Å². The molecule has 1 rings (SSSR count). The summed E-state index contributed by atoms with van der Waals surface area (Å²) in [7, 11) is 0. The van der Waals surface area contributed by atoms with Gasteiger partial charge in [0.05, 0.1) is 52.4 Å². The minimum absolute atomic E-state index is 1.28. The van der Waals surface area contributed by atoms with Crippen molar-refractivity contribution in [2.24, 2.45) is 0 Å². The zero-order chi connectivity index (χ0) is 37.9. The van der Waals surface area contributed by atoms with Crippen LogP contribution < -0.4 is 0 Å². The van der Waals surface area contributed by atoms with Crippen molar-refractivity contribution in [2.45, 2.75) is 221 Å². The number of nitrogens with zero attached hydrogens (tertiary/aromatic N) is 4. The number of likely N-dealkylation sites (N-methyl/N-ethyl adjacent to an activating group) is 2. The maximum atomic E-state index is 2.80. The fourth-order valence-electron chi connectivity index (χ4n) is 9.16. The molecule has 1 aliphatic heterocycles. The average molecular weight is 735 g/mol. The van der Waals surface area contributed by atoms with Crippen LogP contribution in [-0.4, -0.2) is 110 Å². The minimum atomic E-state index is 1.28. The van der Waals surface area contributed by atoms with Gasteiger partial charge in [-0.1, -0.05) is 168 Å². The van der Waals surface area contributed by atoms with Crippen molar-refractivity contribution in [2.75, 3.05) is 91.6 Å². The molecule has 1 heterocycles. The summed E-state index contributed by atoms with van der Waals surface area (Å²) in [6, 6.07) is 0. The second-order valence-corrected chi connectivity index (χ2v) is 17.7. The molecule has 0 saturated carbocycles. The summed E-state index contributed by atoms with van der Waals surface area (Å²) in [4.78, 5) is 5.60. The fraction of sp³-hybridized carbons (Fsp3) is 1.00. The molecular weight excluding hydrogens is 633 g/mol. The van der Waals surface area contributed by atoms with Crippen molar-refractivity contribution in [1.29, 1.82) is 0 Å². The highest BCUT2D eigenvalue weighted by Crippen LogP contribution is 2.18. The molecule has 52 heavy (non-hydrogen) atoms. The van der Waals surface area contributed by atoms with Gasteiger partial charge in [0, 0.05) is 39.3 Å². The van der Waals surface area contributed by atoms with Crippen LogP contribution >= 0.6 is 0 Å². The lowest BCUT2D eigenvalue weighted by Crippen LogP contribution is -2.56. The molecule has 1 fully saturated rings. The van der Waals surface area contributed by atoms with Crippen molar-refractivity contribution < 1.29 is 8.97 Å². The van der Waals surface area contributed by atoms with Crippen LogP contribution in [0.25, 0.3) is 0 Å². The standard InChI is InChI=1S/C48H102N4/c1-7-13-15-17-19-21-23-25-27-29-31-33-35-37-45-51(9-3,10-4)47-43-49-39-41-50(42-40-49)44-48-52(11-5,12-6)46-38-36-34-32-30-28-26-24-22-20-18-16-14-8-2/h7-48H2,1-6H3/q+2. The molecule has 0 unspecified atom stereocenters. The lowest BCUT2D eigenvalue weighted by Gasteiger charge is -2.42. The van der Waals surface area contributed by atoms with Crippen molar-refractivity contribution >= 4 is 0 Å². The van der Waals surface area contributed by atoms with Crippen LogP contribution in [-0.2, 0) is 0 Å². The summed E-state index contributed by atoms with van der Waals surface area (Å²) in [5, 5.41) is 0. The molecule has 0 amide bonds. The van der Waals surface area contributed by atoms with E-state index in [1.54, 1.807) is 0 Å². The monoisotopic (exact) mass is 735 g/mol. The third-order valence-corrected chi connectivity index (χ3v) is 13.9. The number of rotatable bonds is 40. The Morgan fingerprint density at radius 1 is 0.269 bits per heavy atom.